The molecule has 9 nitrogen and oxygen atoms in total. The summed E-state index contributed by atoms with van der Waals surface area (Å²) in [5.74, 6) is -0.437. The second kappa shape index (κ2) is 9.24. The van der Waals surface area contributed by atoms with Crippen LogP contribution >= 0.6 is 0 Å². The summed E-state index contributed by atoms with van der Waals surface area (Å²) in [6.07, 6.45) is 2.84. The average Bonchev–Trinajstić information content (AvgIpc) is 3.36. The third-order valence-corrected chi connectivity index (χ3v) is 6.82. The third-order valence-electron chi connectivity index (χ3n) is 6.82. The highest BCUT2D eigenvalue weighted by atomic mass is 16.6. The van der Waals surface area contributed by atoms with Gasteiger partial charge in [-0.2, -0.15) is 0 Å². The molecule has 0 saturated heterocycles. The van der Waals surface area contributed by atoms with Crippen LogP contribution in [0.1, 0.15) is 44.4 Å². The van der Waals surface area contributed by atoms with Crippen molar-refractivity contribution in [1.82, 2.24) is 9.58 Å². The molecule has 198 valence electrons. The first kappa shape index (κ1) is 25.4. The number of likely N-dealkylation sites (N-methyl/N-ethyl adjacent to an activating group) is 1. The van der Waals surface area contributed by atoms with Gasteiger partial charge in [0.2, 0.25) is 0 Å². The molecule has 2 aliphatic rings. The SMILES string of the molecule is CC1=C[C@]2(OC1=O)c1cccc3c1c(cn3NC(=O)OC(C)(C)C)C[C@@H]2N(C)C(=O)OCc1ccccc1. The quantitative estimate of drug-likeness (QED) is 0.386. The number of fused-ring (bicyclic) bond motifs is 1. The fourth-order valence-electron chi connectivity index (χ4n) is 5.19. The van der Waals surface area contributed by atoms with Gasteiger partial charge in [-0.05, 0) is 57.4 Å². The summed E-state index contributed by atoms with van der Waals surface area (Å²) in [6.45, 7) is 7.20. The Balaban J connectivity index is 1.51. The summed E-state index contributed by atoms with van der Waals surface area (Å²) in [4.78, 5) is 40.0. The van der Waals surface area contributed by atoms with Gasteiger partial charge in [0.15, 0.2) is 5.60 Å². The lowest BCUT2D eigenvalue weighted by molar-refractivity contribution is -0.152. The predicted molar refractivity (Wildman–Crippen MR) is 141 cm³/mol. The van der Waals surface area contributed by atoms with Gasteiger partial charge in [0.1, 0.15) is 12.2 Å². The molecule has 0 saturated carbocycles. The van der Waals surface area contributed by atoms with E-state index in [1.165, 1.54) is 4.90 Å². The van der Waals surface area contributed by atoms with Crippen molar-refractivity contribution in [2.45, 2.75) is 58.0 Å². The van der Waals surface area contributed by atoms with Crippen LogP contribution in [0.4, 0.5) is 9.59 Å². The number of nitrogens with zero attached hydrogens (tertiary/aromatic N) is 2. The summed E-state index contributed by atoms with van der Waals surface area (Å²) in [5.41, 5.74) is 4.60. The zero-order valence-electron chi connectivity index (χ0n) is 22.1. The molecule has 2 heterocycles. The zero-order chi connectivity index (χ0) is 27.2. The van der Waals surface area contributed by atoms with E-state index in [-0.39, 0.29) is 6.61 Å². The number of carbonyl (C=O) groups is 3. The van der Waals surface area contributed by atoms with E-state index >= 15 is 0 Å². The van der Waals surface area contributed by atoms with Crippen LogP contribution < -0.4 is 5.43 Å². The van der Waals surface area contributed by atoms with Crippen LogP contribution in [0, 0.1) is 0 Å². The molecular formula is C29H31N3O6. The van der Waals surface area contributed by atoms with E-state index in [9.17, 15) is 14.4 Å². The van der Waals surface area contributed by atoms with Crippen molar-refractivity contribution in [3.8, 4) is 0 Å². The van der Waals surface area contributed by atoms with Gasteiger partial charge in [-0.3, -0.25) is 4.68 Å². The number of rotatable bonds is 4. The van der Waals surface area contributed by atoms with Crippen molar-refractivity contribution in [1.29, 1.82) is 0 Å². The molecular weight excluding hydrogens is 486 g/mol. The molecule has 9 heteroatoms. The Kier molecular flexibility index (Phi) is 6.17. The van der Waals surface area contributed by atoms with Crippen LogP contribution in [-0.2, 0) is 37.6 Å². The molecule has 0 bridgehead atoms. The zero-order valence-corrected chi connectivity index (χ0v) is 22.1. The maximum absolute atomic E-state index is 13.2. The van der Waals surface area contributed by atoms with Crippen molar-refractivity contribution in [2.24, 2.45) is 0 Å². The maximum Gasteiger partial charge on any atom is 0.426 e. The summed E-state index contributed by atoms with van der Waals surface area (Å²) in [5, 5.41) is 0.851. The predicted octanol–water partition coefficient (Wildman–Crippen LogP) is 5.01. The van der Waals surface area contributed by atoms with Gasteiger partial charge in [-0.25, -0.2) is 19.8 Å². The monoisotopic (exact) mass is 517 g/mol. The molecule has 1 spiro atoms. The lowest BCUT2D eigenvalue weighted by Gasteiger charge is -2.43. The molecule has 1 aliphatic carbocycles. The van der Waals surface area contributed by atoms with Gasteiger partial charge < -0.3 is 19.1 Å². The summed E-state index contributed by atoms with van der Waals surface area (Å²) in [6, 6.07) is 14.4. The molecule has 1 N–H and O–H groups in total. The Hall–Kier alpha value is -4.27. The first-order valence-electron chi connectivity index (χ1n) is 12.5. The van der Waals surface area contributed by atoms with Gasteiger partial charge in [0.25, 0.3) is 0 Å². The largest absolute Gasteiger partial charge is 0.445 e. The van der Waals surface area contributed by atoms with Crippen LogP contribution in [0.5, 0.6) is 0 Å². The van der Waals surface area contributed by atoms with Crippen LogP contribution in [0.2, 0.25) is 0 Å². The molecule has 2 aromatic carbocycles. The third kappa shape index (κ3) is 4.49. The van der Waals surface area contributed by atoms with E-state index in [0.29, 0.717) is 12.0 Å². The number of benzene rings is 2. The number of carbonyl (C=O) groups excluding carboxylic acids is 3. The first-order valence-corrected chi connectivity index (χ1v) is 12.5. The summed E-state index contributed by atoms with van der Waals surface area (Å²) in [7, 11) is 1.65. The molecule has 0 fully saturated rings. The van der Waals surface area contributed by atoms with Gasteiger partial charge in [-0.15, -0.1) is 0 Å². The smallest absolute Gasteiger partial charge is 0.426 e. The Morgan fingerprint density at radius 1 is 1.16 bits per heavy atom. The first-order chi connectivity index (χ1) is 18.0. The minimum Gasteiger partial charge on any atom is -0.445 e. The molecule has 2 atom stereocenters. The Morgan fingerprint density at radius 2 is 1.89 bits per heavy atom. The molecule has 2 amide bonds. The van der Waals surface area contributed by atoms with Crippen LogP contribution in [-0.4, -0.2) is 46.4 Å². The van der Waals surface area contributed by atoms with E-state index < -0.39 is 35.4 Å². The second-order valence-electron chi connectivity index (χ2n) is 10.7. The Bertz CT molecular complexity index is 1450. The molecule has 0 radical (unpaired) electrons. The van der Waals surface area contributed by atoms with Gasteiger partial charge in [-0.1, -0.05) is 42.5 Å². The van der Waals surface area contributed by atoms with E-state index in [1.807, 2.05) is 54.7 Å². The van der Waals surface area contributed by atoms with E-state index in [1.54, 1.807) is 45.5 Å². The molecule has 3 aromatic rings. The van der Waals surface area contributed by atoms with Crippen molar-refractivity contribution in [3.63, 3.8) is 0 Å². The van der Waals surface area contributed by atoms with Crippen molar-refractivity contribution in [2.75, 3.05) is 12.5 Å². The lowest BCUT2D eigenvalue weighted by atomic mass is 9.75. The van der Waals surface area contributed by atoms with Crippen molar-refractivity contribution < 1.29 is 28.6 Å². The van der Waals surface area contributed by atoms with E-state index in [4.69, 9.17) is 14.2 Å². The maximum atomic E-state index is 13.2. The van der Waals surface area contributed by atoms with Crippen LogP contribution in [0.3, 0.4) is 0 Å². The average molecular weight is 518 g/mol. The highest BCUT2D eigenvalue weighted by Crippen LogP contribution is 2.48. The van der Waals surface area contributed by atoms with Gasteiger partial charge >= 0.3 is 18.2 Å². The number of ether oxygens (including phenoxy) is 3. The number of amides is 2. The topological polar surface area (TPSA) is 99.1 Å². The number of hydrogen-bond donors (Lipinski definition) is 1. The molecule has 5 rings (SSSR count). The van der Waals surface area contributed by atoms with Crippen LogP contribution in [0.15, 0.2) is 66.4 Å². The van der Waals surface area contributed by atoms with E-state index in [0.717, 1.165) is 27.6 Å². The van der Waals surface area contributed by atoms with Crippen molar-refractivity contribution in [3.05, 3.63) is 83.1 Å². The minimum absolute atomic E-state index is 0.120. The minimum atomic E-state index is -1.20. The van der Waals surface area contributed by atoms with Gasteiger partial charge in [0, 0.05) is 29.8 Å². The fraction of sp³-hybridized carbons (Fsp3) is 0.345. The number of hydrogen-bond acceptors (Lipinski definition) is 6. The normalized spacial score (nSPS) is 20.2. The number of aromatic nitrogens is 1. The lowest BCUT2D eigenvalue weighted by Crippen LogP contribution is -2.54. The second-order valence-corrected chi connectivity index (χ2v) is 10.7. The van der Waals surface area contributed by atoms with E-state index in [2.05, 4.69) is 5.43 Å². The molecule has 0 unspecified atom stereocenters. The standard InChI is InChI=1S/C29H31N3O6/c1-18-15-29(37-25(18)33)21-12-9-13-22-24(21)20(16-32(22)30-26(34)38-28(2,3)4)14-23(29)31(5)27(35)36-17-19-10-7-6-8-11-19/h6-13,15-16,23H,14,17H2,1-5H3,(H,30,34)/t23-,29-/m0/s1. The fourth-order valence-corrected chi connectivity index (χ4v) is 5.19. The summed E-state index contributed by atoms with van der Waals surface area (Å²) >= 11 is 0. The van der Waals surface area contributed by atoms with Crippen molar-refractivity contribution >= 4 is 29.1 Å². The highest BCUT2D eigenvalue weighted by molar-refractivity contribution is 5.96. The number of esters is 1. The molecule has 38 heavy (non-hydrogen) atoms. The van der Waals surface area contributed by atoms with Crippen LogP contribution in [0.25, 0.3) is 10.9 Å². The Morgan fingerprint density at radius 3 is 2.55 bits per heavy atom. The number of nitrogens with one attached hydrogen (secondary N) is 1. The molecule has 1 aliphatic heterocycles. The van der Waals surface area contributed by atoms with Gasteiger partial charge in [0.05, 0.1) is 11.6 Å². The molecule has 1 aromatic heterocycles. The summed E-state index contributed by atoms with van der Waals surface area (Å²) < 4.78 is 18.7. The Labute approximate surface area is 220 Å². The highest BCUT2D eigenvalue weighted by Gasteiger charge is 2.53.